The van der Waals surface area contributed by atoms with Crippen LogP contribution >= 0.6 is 0 Å². The van der Waals surface area contributed by atoms with Gasteiger partial charge in [0.1, 0.15) is 17.3 Å². The monoisotopic (exact) mass is 203 g/mol. The molecule has 0 aliphatic rings. The van der Waals surface area contributed by atoms with E-state index in [1.165, 1.54) is 12.1 Å². The van der Waals surface area contributed by atoms with Crippen LogP contribution < -0.4 is 0 Å². The number of furan rings is 1. The first-order valence-corrected chi connectivity index (χ1v) is 4.60. The van der Waals surface area contributed by atoms with Crippen molar-refractivity contribution in [2.45, 2.75) is 6.92 Å². The maximum Gasteiger partial charge on any atom is 0.145 e. The van der Waals surface area contributed by atoms with Crippen molar-refractivity contribution in [2.24, 2.45) is 4.99 Å². The summed E-state index contributed by atoms with van der Waals surface area (Å²) in [5, 5.41) is 0. The van der Waals surface area contributed by atoms with Gasteiger partial charge in [-0.2, -0.15) is 0 Å². The second-order valence-corrected chi connectivity index (χ2v) is 3.19. The number of halogens is 1. The van der Waals surface area contributed by atoms with Gasteiger partial charge in [0.25, 0.3) is 0 Å². The highest BCUT2D eigenvalue weighted by Crippen LogP contribution is 2.13. The van der Waals surface area contributed by atoms with E-state index in [1.807, 2.05) is 19.1 Å². The molecule has 1 aromatic carbocycles. The van der Waals surface area contributed by atoms with E-state index < -0.39 is 0 Å². The van der Waals surface area contributed by atoms with E-state index in [2.05, 4.69) is 4.99 Å². The number of aliphatic imine (C=N–C) groups is 1. The van der Waals surface area contributed by atoms with Crippen LogP contribution in [0.15, 0.2) is 45.8 Å². The molecule has 0 aliphatic carbocycles. The van der Waals surface area contributed by atoms with Crippen LogP contribution in [0.1, 0.15) is 11.5 Å². The summed E-state index contributed by atoms with van der Waals surface area (Å²) in [6.07, 6.45) is 1.57. The van der Waals surface area contributed by atoms with Gasteiger partial charge in [0.2, 0.25) is 0 Å². The van der Waals surface area contributed by atoms with E-state index in [-0.39, 0.29) is 5.82 Å². The van der Waals surface area contributed by atoms with E-state index in [0.717, 1.165) is 5.76 Å². The highest BCUT2D eigenvalue weighted by molar-refractivity contribution is 5.78. The number of hydrogen-bond acceptors (Lipinski definition) is 2. The Hall–Kier alpha value is -1.90. The van der Waals surface area contributed by atoms with Crippen LogP contribution in [-0.2, 0) is 0 Å². The van der Waals surface area contributed by atoms with Gasteiger partial charge < -0.3 is 4.42 Å². The Kier molecular flexibility index (Phi) is 2.63. The lowest BCUT2D eigenvalue weighted by atomic mass is 10.3. The van der Waals surface area contributed by atoms with Crippen LogP contribution in [0.4, 0.5) is 10.1 Å². The second kappa shape index (κ2) is 4.09. The van der Waals surface area contributed by atoms with Crippen molar-refractivity contribution < 1.29 is 8.81 Å². The average Bonchev–Trinajstić information content (AvgIpc) is 2.62. The lowest BCUT2D eigenvalue weighted by molar-refractivity contribution is 0.528. The molecule has 0 amide bonds. The predicted octanol–water partition coefficient (Wildman–Crippen LogP) is 3.48. The molecular weight excluding hydrogens is 193 g/mol. The van der Waals surface area contributed by atoms with Gasteiger partial charge in [0, 0.05) is 0 Å². The third-order valence-electron chi connectivity index (χ3n) is 1.91. The number of hydrogen-bond donors (Lipinski definition) is 0. The van der Waals surface area contributed by atoms with Gasteiger partial charge in [0.05, 0.1) is 11.9 Å². The largest absolute Gasteiger partial charge is 0.460 e. The molecule has 2 nitrogen and oxygen atoms in total. The molecule has 2 rings (SSSR count). The maximum absolute atomic E-state index is 12.8. The lowest BCUT2D eigenvalue weighted by Gasteiger charge is -1.91. The van der Waals surface area contributed by atoms with Crippen molar-refractivity contribution in [3.63, 3.8) is 0 Å². The molecule has 0 unspecified atom stereocenters. The molecule has 0 spiro atoms. The van der Waals surface area contributed by atoms with Crippen molar-refractivity contribution in [2.75, 3.05) is 0 Å². The molecule has 1 aromatic heterocycles. The molecule has 76 valence electrons. The van der Waals surface area contributed by atoms with Gasteiger partial charge in [-0.3, -0.25) is 4.99 Å². The maximum atomic E-state index is 12.8. The van der Waals surface area contributed by atoms with Crippen LogP contribution in [0.5, 0.6) is 0 Å². The zero-order valence-corrected chi connectivity index (χ0v) is 8.27. The first kappa shape index (κ1) is 9.65. The highest BCUT2D eigenvalue weighted by atomic mass is 19.1. The molecule has 0 saturated carbocycles. The zero-order chi connectivity index (χ0) is 10.7. The number of benzene rings is 1. The standard InChI is InChI=1S/C12H10FNO/c1-9-5-6-12(15-9)8-14-11-4-2-3-10(13)7-11/h2-8H,1H3. The quantitative estimate of drug-likeness (QED) is 0.686. The van der Waals surface area contributed by atoms with Gasteiger partial charge in [-0.25, -0.2) is 4.39 Å². The molecule has 15 heavy (non-hydrogen) atoms. The van der Waals surface area contributed by atoms with Gasteiger partial charge in [-0.1, -0.05) is 6.07 Å². The zero-order valence-electron chi connectivity index (χ0n) is 8.27. The van der Waals surface area contributed by atoms with Crippen molar-refractivity contribution >= 4 is 11.9 Å². The molecular formula is C12H10FNO. The minimum absolute atomic E-state index is 0.291. The smallest absolute Gasteiger partial charge is 0.145 e. The van der Waals surface area contributed by atoms with Crippen molar-refractivity contribution in [3.05, 3.63) is 53.7 Å². The van der Waals surface area contributed by atoms with Crippen molar-refractivity contribution in [3.8, 4) is 0 Å². The minimum atomic E-state index is -0.291. The van der Waals surface area contributed by atoms with E-state index in [4.69, 9.17) is 4.42 Å². The Bertz CT molecular complexity index is 488. The van der Waals surface area contributed by atoms with Crippen LogP contribution in [0.3, 0.4) is 0 Å². The molecule has 0 fully saturated rings. The molecule has 0 saturated heterocycles. The van der Waals surface area contributed by atoms with Gasteiger partial charge in [-0.15, -0.1) is 0 Å². The summed E-state index contributed by atoms with van der Waals surface area (Å²) in [7, 11) is 0. The molecule has 0 atom stereocenters. The minimum Gasteiger partial charge on any atom is -0.460 e. The fraction of sp³-hybridized carbons (Fsp3) is 0.0833. The second-order valence-electron chi connectivity index (χ2n) is 3.19. The molecule has 0 bridgehead atoms. The number of aryl methyl sites for hydroxylation is 1. The van der Waals surface area contributed by atoms with E-state index >= 15 is 0 Å². The topological polar surface area (TPSA) is 25.5 Å². The van der Waals surface area contributed by atoms with Crippen LogP contribution in [-0.4, -0.2) is 6.21 Å². The molecule has 2 aromatic rings. The summed E-state index contributed by atoms with van der Waals surface area (Å²) < 4.78 is 18.1. The molecule has 0 radical (unpaired) electrons. The Balaban J connectivity index is 2.18. The Morgan fingerprint density at radius 2 is 2.13 bits per heavy atom. The lowest BCUT2D eigenvalue weighted by Crippen LogP contribution is -1.75. The van der Waals surface area contributed by atoms with Gasteiger partial charge in [0.15, 0.2) is 0 Å². The van der Waals surface area contributed by atoms with E-state index in [9.17, 15) is 4.39 Å². The first-order chi connectivity index (χ1) is 7.24. The average molecular weight is 203 g/mol. The Morgan fingerprint density at radius 1 is 1.27 bits per heavy atom. The first-order valence-electron chi connectivity index (χ1n) is 4.60. The molecule has 0 N–H and O–H groups in total. The van der Waals surface area contributed by atoms with E-state index in [1.54, 1.807) is 18.3 Å². The summed E-state index contributed by atoms with van der Waals surface area (Å²) in [5.74, 6) is 1.20. The van der Waals surface area contributed by atoms with Crippen molar-refractivity contribution in [1.82, 2.24) is 0 Å². The fourth-order valence-corrected chi connectivity index (χ4v) is 1.22. The summed E-state index contributed by atoms with van der Waals surface area (Å²) in [4.78, 5) is 4.09. The molecule has 1 heterocycles. The number of rotatable bonds is 2. The molecule has 3 heteroatoms. The fourth-order valence-electron chi connectivity index (χ4n) is 1.22. The Labute approximate surface area is 87.1 Å². The summed E-state index contributed by atoms with van der Waals surface area (Å²) >= 11 is 0. The summed E-state index contributed by atoms with van der Waals surface area (Å²) in [6, 6.07) is 9.78. The number of nitrogens with zero attached hydrogens (tertiary/aromatic N) is 1. The summed E-state index contributed by atoms with van der Waals surface area (Å²) in [5.41, 5.74) is 0.573. The third kappa shape index (κ3) is 2.53. The van der Waals surface area contributed by atoms with Crippen molar-refractivity contribution in [1.29, 1.82) is 0 Å². The van der Waals surface area contributed by atoms with Gasteiger partial charge >= 0.3 is 0 Å². The van der Waals surface area contributed by atoms with Crippen LogP contribution in [0, 0.1) is 12.7 Å². The predicted molar refractivity (Wildman–Crippen MR) is 57.1 cm³/mol. The summed E-state index contributed by atoms with van der Waals surface area (Å²) in [6.45, 7) is 1.86. The molecule has 0 aliphatic heterocycles. The highest BCUT2D eigenvalue weighted by Gasteiger charge is 1.94. The van der Waals surface area contributed by atoms with E-state index in [0.29, 0.717) is 11.4 Å². The van der Waals surface area contributed by atoms with Crippen LogP contribution in [0.25, 0.3) is 0 Å². The third-order valence-corrected chi connectivity index (χ3v) is 1.91. The van der Waals surface area contributed by atoms with Crippen LogP contribution in [0.2, 0.25) is 0 Å². The Morgan fingerprint density at radius 3 is 2.80 bits per heavy atom. The SMILES string of the molecule is Cc1ccc(C=Nc2cccc(F)c2)o1. The normalized spacial score (nSPS) is 11.1. The van der Waals surface area contributed by atoms with Gasteiger partial charge in [-0.05, 0) is 37.3 Å².